The zero-order chi connectivity index (χ0) is 14.1. The quantitative estimate of drug-likeness (QED) is 0.748. The van der Waals surface area contributed by atoms with Crippen molar-refractivity contribution in [2.45, 2.75) is 0 Å². The molecule has 3 aromatic heterocycles. The monoisotopic (exact) mass is 307 g/mol. The molecule has 0 aliphatic heterocycles. The van der Waals surface area contributed by atoms with Gasteiger partial charge in [-0.05, 0) is 27.8 Å². The Morgan fingerprint density at radius 1 is 1.05 bits per heavy atom. The van der Waals surface area contributed by atoms with E-state index in [0.717, 1.165) is 0 Å². The molecule has 0 unspecified atom stereocenters. The fraction of sp³-hybridized carbons (Fsp3) is 0. The molecule has 20 heavy (non-hydrogen) atoms. The van der Waals surface area contributed by atoms with Crippen molar-refractivity contribution < 1.29 is 18.8 Å². The Kier molecular flexibility index (Phi) is 3.17. The first-order valence-electron chi connectivity index (χ1n) is 5.49. The van der Waals surface area contributed by atoms with Crippen LogP contribution in [0, 0.1) is 4.91 Å². The summed E-state index contributed by atoms with van der Waals surface area (Å²) in [4.78, 5) is 36.9. The fourth-order valence-electron chi connectivity index (χ4n) is 1.68. The van der Waals surface area contributed by atoms with Gasteiger partial charge in [0.15, 0.2) is 4.60 Å². The van der Waals surface area contributed by atoms with Crippen LogP contribution >= 0.6 is 22.7 Å². The Balaban J connectivity index is 2.09. The number of nitrogens with one attached hydrogen (secondary N) is 1. The minimum Gasteiger partial charge on any atom is -0.283 e. The first-order valence-corrected chi connectivity index (χ1v) is 7.25. The molecule has 0 amide bonds. The Hall–Kier alpha value is -2.32. The summed E-state index contributed by atoms with van der Waals surface area (Å²) in [5.41, 5.74) is -0.466. The van der Waals surface area contributed by atoms with Gasteiger partial charge in [0, 0.05) is 0 Å². The summed E-state index contributed by atoms with van der Waals surface area (Å²) in [6.45, 7) is 0. The van der Waals surface area contributed by atoms with E-state index in [4.69, 9.17) is 0 Å². The van der Waals surface area contributed by atoms with Gasteiger partial charge in [-0.1, -0.05) is 21.9 Å². The number of hydrogen-bond acceptors (Lipinski definition) is 6. The van der Waals surface area contributed by atoms with Crippen LogP contribution in [0.15, 0.2) is 39.7 Å². The van der Waals surface area contributed by atoms with E-state index in [2.05, 4.69) is 9.79 Å². The maximum atomic E-state index is 12.2. The molecule has 0 aliphatic carbocycles. The number of aromatic amines is 1. The normalized spacial score (nSPS) is 10.6. The Labute approximate surface area is 119 Å². The second-order valence-electron chi connectivity index (χ2n) is 3.79. The SMILES string of the molecule is O=C(c1cccs1)c1[nH]o[n+](=O)c1C(=O)c1cccs1. The number of rotatable bonds is 4. The van der Waals surface area contributed by atoms with Crippen molar-refractivity contribution in [3.8, 4) is 0 Å². The number of thiophene rings is 2. The van der Waals surface area contributed by atoms with E-state index in [1.165, 1.54) is 22.7 Å². The molecule has 1 N–H and O–H groups in total. The van der Waals surface area contributed by atoms with E-state index in [-0.39, 0.29) is 16.0 Å². The smallest absolute Gasteiger partial charge is 0.283 e. The maximum absolute atomic E-state index is 12.2. The predicted octanol–water partition coefficient (Wildman–Crippen LogP) is 2.11. The first kappa shape index (κ1) is 12.7. The van der Waals surface area contributed by atoms with Gasteiger partial charge >= 0.3 is 5.69 Å². The van der Waals surface area contributed by atoms with E-state index in [1.54, 1.807) is 35.0 Å². The standard InChI is InChI=1S/C12H6N2O4S2/c15-11(7-3-1-5-19-7)9-10(14(17)18-13-9)12(16)8-4-2-6-20-8/h1-6H/p+1. The molecule has 6 nitrogen and oxygen atoms in total. The van der Waals surface area contributed by atoms with Gasteiger partial charge in [-0.25, -0.2) is 0 Å². The van der Waals surface area contributed by atoms with Crippen molar-refractivity contribution in [1.29, 1.82) is 0 Å². The molecule has 0 bridgehead atoms. The summed E-state index contributed by atoms with van der Waals surface area (Å²) in [5.74, 6) is -0.988. The topological polar surface area (TPSA) is 86.0 Å². The van der Waals surface area contributed by atoms with E-state index < -0.39 is 11.6 Å². The lowest BCUT2D eigenvalue weighted by Crippen LogP contribution is -2.23. The third kappa shape index (κ3) is 2.04. The average molecular weight is 307 g/mol. The van der Waals surface area contributed by atoms with Crippen LogP contribution in [-0.4, -0.2) is 16.7 Å². The number of nitrogens with zero attached hydrogens (tertiary/aromatic N) is 1. The summed E-state index contributed by atoms with van der Waals surface area (Å²) in [7, 11) is 0. The Bertz CT molecular complexity index is 812. The number of carbonyl (C=O) groups excluding carboxylic acids is 2. The Morgan fingerprint density at radius 2 is 1.65 bits per heavy atom. The van der Waals surface area contributed by atoms with Crippen LogP contribution in [0.2, 0.25) is 0 Å². The maximum Gasteiger partial charge on any atom is 0.324 e. The molecule has 0 aromatic carbocycles. The molecule has 0 saturated heterocycles. The van der Waals surface area contributed by atoms with Gasteiger partial charge in [0.1, 0.15) is 0 Å². The summed E-state index contributed by atoms with van der Waals surface area (Å²) in [5, 5.41) is 5.67. The average Bonchev–Trinajstić information content (AvgIpc) is 3.19. The number of carbonyl (C=O) groups is 2. The van der Waals surface area contributed by atoms with E-state index >= 15 is 0 Å². The molecule has 0 aliphatic rings. The van der Waals surface area contributed by atoms with Crippen molar-refractivity contribution >= 4 is 34.2 Å². The van der Waals surface area contributed by atoms with Crippen molar-refractivity contribution in [3.63, 3.8) is 0 Å². The molecule has 3 aromatic rings. The van der Waals surface area contributed by atoms with Crippen LogP contribution in [0.4, 0.5) is 0 Å². The first-order chi connectivity index (χ1) is 9.68. The highest BCUT2D eigenvalue weighted by Crippen LogP contribution is 2.18. The molecule has 100 valence electrons. The Morgan fingerprint density at radius 3 is 2.20 bits per heavy atom. The van der Waals surface area contributed by atoms with E-state index in [1.807, 2.05) is 0 Å². The van der Waals surface area contributed by atoms with Gasteiger partial charge in [0.2, 0.25) is 0 Å². The lowest BCUT2D eigenvalue weighted by Gasteiger charge is -1.91. The second kappa shape index (κ2) is 4.99. The van der Waals surface area contributed by atoms with E-state index in [0.29, 0.717) is 9.75 Å². The highest BCUT2D eigenvalue weighted by molar-refractivity contribution is 7.12. The van der Waals surface area contributed by atoms with Crippen LogP contribution in [0.3, 0.4) is 0 Å². The minimum atomic E-state index is -0.542. The number of aromatic nitrogens is 2. The zero-order valence-corrected chi connectivity index (χ0v) is 11.5. The second-order valence-corrected chi connectivity index (χ2v) is 5.68. The third-order valence-electron chi connectivity index (χ3n) is 2.58. The lowest BCUT2D eigenvalue weighted by molar-refractivity contribution is -0.714. The molecule has 0 atom stereocenters. The zero-order valence-electron chi connectivity index (χ0n) is 9.86. The fourth-order valence-corrected chi connectivity index (χ4v) is 3.01. The summed E-state index contributed by atoms with van der Waals surface area (Å²) in [6.07, 6.45) is 0. The predicted molar refractivity (Wildman–Crippen MR) is 71.9 cm³/mol. The number of hydrogen-bond donors (Lipinski definition) is 1. The molecule has 0 saturated carbocycles. The molecule has 0 radical (unpaired) electrons. The number of ketones is 2. The molecule has 0 fully saturated rings. The van der Waals surface area contributed by atoms with Gasteiger partial charge < -0.3 is 0 Å². The molecule has 0 spiro atoms. The summed E-state index contributed by atoms with van der Waals surface area (Å²) in [6, 6.07) is 6.60. The van der Waals surface area contributed by atoms with Gasteiger partial charge in [-0.3, -0.25) is 9.59 Å². The highest BCUT2D eigenvalue weighted by atomic mass is 32.1. The highest BCUT2D eigenvalue weighted by Gasteiger charge is 2.34. The van der Waals surface area contributed by atoms with Crippen molar-refractivity contribution in [2.24, 2.45) is 0 Å². The van der Waals surface area contributed by atoms with Crippen LogP contribution in [0.5, 0.6) is 0 Å². The molecule has 3 rings (SSSR count). The molecule has 8 heteroatoms. The molecular formula is C12H7N2O4S2+. The third-order valence-corrected chi connectivity index (χ3v) is 4.32. The van der Waals surface area contributed by atoms with Gasteiger partial charge in [-0.15, -0.1) is 22.7 Å². The van der Waals surface area contributed by atoms with Crippen molar-refractivity contribution in [3.05, 3.63) is 61.1 Å². The summed E-state index contributed by atoms with van der Waals surface area (Å²) >= 11 is 2.41. The van der Waals surface area contributed by atoms with Crippen LogP contribution in [0.1, 0.15) is 30.7 Å². The molecule has 3 heterocycles. The van der Waals surface area contributed by atoms with Gasteiger partial charge in [-0.2, -0.15) is 0 Å². The minimum absolute atomic E-state index is 0.0306. The van der Waals surface area contributed by atoms with Crippen molar-refractivity contribution in [2.75, 3.05) is 0 Å². The van der Waals surface area contributed by atoms with Gasteiger partial charge in [0.05, 0.1) is 9.75 Å². The van der Waals surface area contributed by atoms with E-state index in [9.17, 15) is 14.5 Å². The van der Waals surface area contributed by atoms with Gasteiger partial charge in [0.25, 0.3) is 17.3 Å². The number of H-pyrrole nitrogens is 1. The van der Waals surface area contributed by atoms with Crippen LogP contribution in [0.25, 0.3) is 0 Å². The molecular weight excluding hydrogens is 300 g/mol. The van der Waals surface area contributed by atoms with Crippen molar-refractivity contribution in [1.82, 2.24) is 5.16 Å². The van der Waals surface area contributed by atoms with Crippen LogP contribution < -0.4 is 4.60 Å². The lowest BCUT2D eigenvalue weighted by atomic mass is 10.1. The van der Waals surface area contributed by atoms with Crippen LogP contribution in [-0.2, 0) is 0 Å². The summed E-state index contributed by atoms with van der Waals surface area (Å²) < 4.78 is 4.57. The largest absolute Gasteiger partial charge is 0.324 e.